The van der Waals surface area contributed by atoms with E-state index in [0.29, 0.717) is 17.2 Å². The standard InChI is InChI=1S/C41H53ClO4/c1-4-5-18-25-35-31-39(44)36(26-21-16-13-12-14-19-23-33(2)3)40(32-35)46-41(45)27-22-17-11-9-7-6-8-10-15-20-24-34-28-29-38(43)37(42)30-34/h6-11,15,17,20,22,24,27-33,43-44H,4-5,12-14,16,18-19,21,23,25-26H2,1-3H3. The summed E-state index contributed by atoms with van der Waals surface area (Å²) in [5, 5.41) is 20.7. The van der Waals surface area contributed by atoms with E-state index in [0.717, 1.165) is 61.1 Å². The lowest BCUT2D eigenvalue weighted by atomic mass is 9.99. The van der Waals surface area contributed by atoms with E-state index in [1.165, 1.54) is 38.2 Å². The van der Waals surface area contributed by atoms with E-state index in [4.69, 9.17) is 16.3 Å². The minimum atomic E-state index is -0.460. The molecule has 0 spiro atoms. The fourth-order valence-corrected chi connectivity index (χ4v) is 5.09. The molecule has 0 heterocycles. The number of hydrogen-bond donors (Lipinski definition) is 2. The summed E-state index contributed by atoms with van der Waals surface area (Å²) in [7, 11) is 0. The largest absolute Gasteiger partial charge is 0.508 e. The van der Waals surface area contributed by atoms with Gasteiger partial charge in [-0.15, -0.1) is 0 Å². The highest BCUT2D eigenvalue weighted by Gasteiger charge is 2.14. The number of phenols is 2. The van der Waals surface area contributed by atoms with Gasteiger partial charge in [-0.2, -0.15) is 0 Å². The molecule has 0 amide bonds. The van der Waals surface area contributed by atoms with E-state index >= 15 is 0 Å². The molecule has 0 aliphatic rings. The molecule has 0 fully saturated rings. The monoisotopic (exact) mass is 644 g/mol. The third-order valence-corrected chi connectivity index (χ3v) is 7.78. The van der Waals surface area contributed by atoms with Crippen molar-refractivity contribution in [1.82, 2.24) is 0 Å². The Hall–Kier alpha value is -3.76. The number of unbranched alkanes of at least 4 members (excludes halogenated alkanes) is 7. The number of aryl methyl sites for hydroxylation is 1. The molecule has 0 saturated heterocycles. The Morgan fingerprint density at radius 1 is 0.739 bits per heavy atom. The number of carbonyl (C=O) groups is 1. The molecule has 0 aliphatic heterocycles. The smallest absolute Gasteiger partial charge is 0.336 e. The van der Waals surface area contributed by atoms with Gasteiger partial charge in [-0.3, -0.25) is 0 Å². The topological polar surface area (TPSA) is 66.8 Å². The number of aromatic hydroxyl groups is 2. The highest BCUT2D eigenvalue weighted by Crippen LogP contribution is 2.33. The van der Waals surface area contributed by atoms with E-state index in [-0.39, 0.29) is 11.5 Å². The van der Waals surface area contributed by atoms with Crippen molar-refractivity contribution in [3.05, 3.63) is 119 Å². The Bertz CT molecular complexity index is 1360. The summed E-state index contributed by atoms with van der Waals surface area (Å²) < 4.78 is 5.76. The van der Waals surface area contributed by atoms with Crippen molar-refractivity contribution in [2.45, 2.75) is 97.8 Å². The van der Waals surface area contributed by atoms with Crippen molar-refractivity contribution in [3.8, 4) is 17.2 Å². The van der Waals surface area contributed by atoms with Crippen LogP contribution in [0.4, 0.5) is 0 Å². The van der Waals surface area contributed by atoms with Crippen molar-refractivity contribution < 1.29 is 19.7 Å². The quantitative estimate of drug-likeness (QED) is 0.0466. The second-order valence-corrected chi connectivity index (χ2v) is 12.4. The molecule has 0 aliphatic carbocycles. The molecule has 2 rings (SSSR count). The molecule has 2 aromatic carbocycles. The predicted molar refractivity (Wildman–Crippen MR) is 196 cm³/mol. The first-order valence-corrected chi connectivity index (χ1v) is 17.2. The third-order valence-electron chi connectivity index (χ3n) is 7.48. The second-order valence-electron chi connectivity index (χ2n) is 12.0. The molecule has 4 nitrogen and oxygen atoms in total. The molecule has 0 saturated carbocycles. The second kappa shape index (κ2) is 23.6. The zero-order valence-corrected chi connectivity index (χ0v) is 28.7. The maximum Gasteiger partial charge on any atom is 0.336 e. The average molecular weight is 645 g/mol. The van der Waals surface area contributed by atoms with Gasteiger partial charge in [0, 0.05) is 11.6 Å². The molecule has 0 aromatic heterocycles. The third kappa shape index (κ3) is 17.1. The van der Waals surface area contributed by atoms with Crippen LogP contribution in [0, 0.1) is 5.92 Å². The van der Waals surface area contributed by atoms with Crippen LogP contribution in [0.5, 0.6) is 17.2 Å². The minimum Gasteiger partial charge on any atom is -0.508 e. The summed E-state index contributed by atoms with van der Waals surface area (Å²) in [4.78, 5) is 12.7. The van der Waals surface area contributed by atoms with Gasteiger partial charge in [0.15, 0.2) is 0 Å². The first-order chi connectivity index (χ1) is 22.3. The van der Waals surface area contributed by atoms with Gasteiger partial charge in [0.05, 0.1) is 5.02 Å². The summed E-state index contributed by atoms with van der Waals surface area (Å²) in [5.74, 6) is 1.08. The van der Waals surface area contributed by atoms with Crippen LogP contribution in [0.3, 0.4) is 0 Å². The van der Waals surface area contributed by atoms with Crippen LogP contribution in [-0.2, 0) is 17.6 Å². The number of allylic oxidation sites excluding steroid dienone is 10. The van der Waals surface area contributed by atoms with Gasteiger partial charge in [-0.25, -0.2) is 4.79 Å². The Balaban J connectivity index is 1.86. The normalized spacial score (nSPS) is 12.5. The average Bonchev–Trinajstić information content (AvgIpc) is 3.01. The molecule has 0 atom stereocenters. The summed E-state index contributed by atoms with van der Waals surface area (Å²) in [5.41, 5.74) is 2.62. The Morgan fingerprint density at radius 2 is 1.35 bits per heavy atom. The van der Waals surface area contributed by atoms with E-state index in [1.807, 2.05) is 66.8 Å². The zero-order chi connectivity index (χ0) is 33.4. The molecular weight excluding hydrogens is 592 g/mol. The highest BCUT2D eigenvalue weighted by molar-refractivity contribution is 6.32. The number of carbonyl (C=O) groups excluding carboxylic acids is 1. The lowest BCUT2D eigenvalue weighted by Crippen LogP contribution is -2.07. The Labute approximate surface area is 282 Å². The molecule has 46 heavy (non-hydrogen) atoms. The van der Waals surface area contributed by atoms with Crippen LogP contribution in [0.1, 0.15) is 102 Å². The van der Waals surface area contributed by atoms with E-state index in [9.17, 15) is 15.0 Å². The number of benzene rings is 2. The van der Waals surface area contributed by atoms with Crippen molar-refractivity contribution in [2.75, 3.05) is 0 Å². The molecule has 0 radical (unpaired) electrons. The van der Waals surface area contributed by atoms with Gasteiger partial charge >= 0.3 is 5.97 Å². The Morgan fingerprint density at radius 3 is 2.00 bits per heavy atom. The van der Waals surface area contributed by atoms with Crippen LogP contribution >= 0.6 is 11.6 Å². The first-order valence-electron chi connectivity index (χ1n) is 16.9. The predicted octanol–water partition coefficient (Wildman–Crippen LogP) is 11.8. The number of halogens is 1. The molecule has 5 heteroatoms. The maximum atomic E-state index is 12.7. The van der Waals surface area contributed by atoms with Crippen LogP contribution < -0.4 is 4.74 Å². The number of esters is 1. The van der Waals surface area contributed by atoms with Gasteiger partial charge in [-0.1, -0.05) is 157 Å². The Kier molecular flexibility index (Phi) is 19.7. The molecule has 0 bridgehead atoms. The highest BCUT2D eigenvalue weighted by atomic mass is 35.5. The lowest BCUT2D eigenvalue weighted by molar-refractivity contribution is -0.129. The fraction of sp³-hybridized carbons (Fsp3) is 0.390. The van der Waals surface area contributed by atoms with E-state index < -0.39 is 5.97 Å². The molecular formula is C41H53ClO4. The number of phenolic OH excluding ortho intramolecular Hbond substituents is 2. The molecule has 0 unspecified atom stereocenters. The maximum absolute atomic E-state index is 12.7. The fourth-order valence-electron chi connectivity index (χ4n) is 4.90. The number of ether oxygens (including phenoxy) is 1. The van der Waals surface area contributed by atoms with Crippen molar-refractivity contribution >= 4 is 23.6 Å². The van der Waals surface area contributed by atoms with Gasteiger partial charge in [0.1, 0.15) is 17.2 Å². The van der Waals surface area contributed by atoms with Crippen LogP contribution in [0.25, 0.3) is 6.08 Å². The van der Waals surface area contributed by atoms with Gasteiger partial charge in [0.2, 0.25) is 0 Å². The zero-order valence-electron chi connectivity index (χ0n) is 28.0. The first kappa shape index (κ1) is 38.4. The van der Waals surface area contributed by atoms with Crippen LogP contribution in [0.15, 0.2) is 97.2 Å². The van der Waals surface area contributed by atoms with Gasteiger partial charge in [-0.05, 0) is 67.0 Å². The molecule has 248 valence electrons. The summed E-state index contributed by atoms with van der Waals surface area (Å²) in [6, 6.07) is 8.83. The number of hydrogen-bond acceptors (Lipinski definition) is 4. The van der Waals surface area contributed by atoms with Crippen molar-refractivity contribution in [1.29, 1.82) is 0 Å². The summed E-state index contributed by atoms with van der Waals surface area (Å²) in [6.45, 7) is 6.72. The summed E-state index contributed by atoms with van der Waals surface area (Å²) >= 11 is 5.92. The SMILES string of the molecule is CCCCCc1cc(O)c(CCCCCCCCC(C)C)c(OC(=O)C=CC=CC=CC=CC=CC=Cc2ccc(O)c(Cl)c2)c1. The van der Waals surface area contributed by atoms with Crippen molar-refractivity contribution in [3.63, 3.8) is 0 Å². The van der Waals surface area contributed by atoms with Gasteiger partial charge < -0.3 is 14.9 Å². The molecule has 2 aromatic rings. The van der Waals surface area contributed by atoms with Crippen molar-refractivity contribution in [2.24, 2.45) is 5.92 Å². The van der Waals surface area contributed by atoms with Crippen LogP contribution in [0.2, 0.25) is 5.02 Å². The van der Waals surface area contributed by atoms with Crippen LogP contribution in [-0.4, -0.2) is 16.2 Å². The molecule has 2 N–H and O–H groups in total. The van der Waals surface area contributed by atoms with Gasteiger partial charge in [0.25, 0.3) is 0 Å². The minimum absolute atomic E-state index is 0.0708. The lowest BCUT2D eigenvalue weighted by Gasteiger charge is -2.14. The summed E-state index contributed by atoms with van der Waals surface area (Å²) in [6.07, 6.45) is 35.0. The van der Waals surface area contributed by atoms with E-state index in [1.54, 1.807) is 30.4 Å². The van der Waals surface area contributed by atoms with E-state index in [2.05, 4.69) is 20.8 Å². The number of rotatable bonds is 21.